The molecule has 0 aliphatic carbocycles. The lowest BCUT2D eigenvalue weighted by Crippen LogP contribution is -2.37. The Bertz CT molecular complexity index is 1040. The number of rotatable bonds is 7. The van der Waals surface area contributed by atoms with E-state index in [2.05, 4.69) is 5.32 Å². The Kier molecular flexibility index (Phi) is 6.71. The molecule has 29 heavy (non-hydrogen) atoms. The summed E-state index contributed by atoms with van der Waals surface area (Å²) in [6.45, 7) is 4.35. The molecule has 0 fully saturated rings. The molecule has 3 aromatic rings. The van der Waals surface area contributed by atoms with Gasteiger partial charge in [-0.3, -0.25) is 0 Å². The van der Waals surface area contributed by atoms with Gasteiger partial charge in [0.15, 0.2) is 9.84 Å². The standard InChI is InChI=1S/C22H24N2O3S2/c1-17-5-9-19(10-6-17)23-22(25)24(16-20-4-3-14-28-20)13-15-29(26,27)21-11-7-18(2)8-12-21/h3-12,14H,13,15-16H2,1-2H3,(H,23,25). The van der Waals surface area contributed by atoms with Crippen molar-refractivity contribution in [2.45, 2.75) is 25.3 Å². The number of nitrogens with one attached hydrogen (secondary N) is 1. The van der Waals surface area contributed by atoms with Gasteiger partial charge in [-0.05, 0) is 49.6 Å². The van der Waals surface area contributed by atoms with Crippen LogP contribution in [0.25, 0.3) is 0 Å². The number of aryl methyl sites for hydroxylation is 2. The monoisotopic (exact) mass is 428 g/mol. The quantitative estimate of drug-likeness (QED) is 0.584. The van der Waals surface area contributed by atoms with Crippen molar-refractivity contribution in [1.82, 2.24) is 4.90 Å². The van der Waals surface area contributed by atoms with Crippen LogP contribution in [-0.2, 0) is 16.4 Å². The van der Waals surface area contributed by atoms with E-state index >= 15 is 0 Å². The molecule has 0 bridgehead atoms. The molecule has 0 spiro atoms. The number of nitrogens with zero attached hydrogens (tertiary/aromatic N) is 1. The van der Waals surface area contributed by atoms with Gasteiger partial charge in [-0.1, -0.05) is 41.5 Å². The smallest absolute Gasteiger partial charge is 0.318 e. The van der Waals surface area contributed by atoms with Gasteiger partial charge in [0, 0.05) is 17.1 Å². The zero-order valence-electron chi connectivity index (χ0n) is 16.5. The highest BCUT2D eigenvalue weighted by molar-refractivity contribution is 7.91. The van der Waals surface area contributed by atoms with Crippen molar-refractivity contribution in [2.75, 3.05) is 17.6 Å². The van der Waals surface area contributed by atoms with Crippen LogP contribution in [0.15, 0.2) is 70.9 Å². The minimum Gasteiger partial charge on any atom is -0.318 e. The molecular formula is C22H24N2O3S2. The maximum absolute atomic E-state index is 12.8. The molecule has 0 aliphatic rings. The van der Waals surface area contributed by atoms with Gasteiger partial charge in [-0.25, -0.2) is 13.2 Å². The van der Waals surface area contributed by atoms with Crippen LogP contribution >= 0.6 is 11.3 Å². The number of carbonyl (C=O) groups is 1. The highest BCUT2D eigenvalue weighted by atomic mass is 32.2. The first kappa shape index (κ1) is 21.1. The van der Waals surface area contributed by atoms with Crippen LogP contribution < -0.4 is 5.32 Å². The number of hydrogen-bond acceptors (Lipinski definition) is 4. The fourth-order valence-corrected chi connectivity index (χ4v) is 4.74. The van der Waals surface area contributed by atoms with E-state index in [9.17, 15) is 13.2 Å². The van der Waals surface area contributed by atoms with Gasteiger partial charge in [0.1, 0.15) is 0 Å². The zero-order valence-corrected chi connectivity index (χ0v) is 18.1. The van der Waals surface area contributed by atoms with Crippen LogP contribution in [0.1, 0.15) is 16.0 Å². The van der Waals surface area contributed by atoms with E-state index in [0.717, 1.165) is 16.0 Å². The topological polar surface area (TPSA) is 66.5 Å². The summed E-state index contributed by atoms with van der Waals surface area (Å²) in [5.74, 6) is -0.136. The van der Waals surface area contributed by atoms with E-state index in [-0.39, 0.29) is 23.2 Å². The van der Waals surface area contributed by atoms with E-state index in [1.807, 2.05) is 55.6 Å². The molecule has 1 heterocycles. The Morgan fingerprint density at radius 2 is 1.59 bits per heavy atom. The predicted molar refractivity (Wildman–Crippen MR) is 118 cm³/mol. The number of amides is 2. The molecule has 0 unspecified atom stereocenters. The largest absolute Gasteiger partial charge is 0.322 e. The third-order valence-electron chi connectivity index (χ3n) is 4.53. The maximum atomic E-state index is 12.8. The molecule has 0 saturated heterocycles. The first-order valence-corrected chi connectivity index (χ1v) is 11.8. The first-order chi connectivity index (χ1) is 13.8. The number of urea groups is 1. The van der Waals surface area contributed by atoms with Crippen LogP contribution in [0, 0.1) is 13.8 Å². The van der Waals surface area contributed by atoms with Gasteiger partial charge in [0.2, 0.25) is 0 Å². The highest BCUT2D eigenvalue weighted by Gasteiger charge is 2.20. The molecule has 0 radical (unpaired) electrons. The zero-order chi connectivity index (χ0) is 20.9. The molecule has 7 heteroatoms. The van der Waals surface area contributed by atoms with Crippen molar-refractivity contribution < 1.29 is 13.2 Å². The third-order valence-corrected chi connectivity index (χ3v) is 7.10. The second-order valence-electron chi connectivity index (χ2n) is 6.93. The highest BCUT2D eigenvalue weighted by Crippen LogP contribution is 2.17. The summed E-state index contributed by atoms with van der Waals surface area (Å²) in [5, 5.41) is 4.80. The van der Waals surface area contributed by atoms with E-state index in [1.165, 1.54) is 16.2 Å². The van der Waals surface area contributed by atoms with Crippen LogP contribution in [-0.4, -0.2) is 31.6 Å². The molecule has 0 saturated carbocycles. The Hall–Kier alpha value is -2.64. The van der Waals surface area contributed by atoms with Crippen LogP contribution in [0.3, 0.4) is 0 Å². The first-order valence-electron chi connectivity index (χ1n) is 9.28. The minimum atomic E-state index is -3.48. The SMILES string of the molecule is Cc1ccc(NC(=O)N(CCS(=O)(=O)c2ccc(C)cc2)Cc2cccs2)cc1. The van der Waals surface area contributed by atoms with Gasteiger partial charge in [-0.2, -0.15) is 0 Å². The van der Waals surface area contributed by atoms with Crippen LogP contribution in [0.2, 0.25) is 0 Å². The minimum absolute atomic E-state index is 0.103. The Labute approximate surface area is 175 Å². The van der Waals surface area contributed by atoms with Gasteiger partial charge in [-0.15, -0.1) is 11.3 Å². The van der Waals surface area contributed by atoms with Crippen LogP contribution in [0.4, 0.5) is 10.5 Å². The number of anilines is 1. The lowest BCUT2D eigenvalue weighted by molar-refractivity contribution is 0.213. The molecule has 1 aromatic heterocycles. The lowest BCUT2D eigenvalue weighted by atomic mass is 10.2. The van der Waals surface area contributed by atoms with Crippen LogP contribution in [0.5, 0.6) is 0 Å². The van der Waals surface area contributed by atoms with Gasteiger partial charge >= 0.3 is 6.03 Å². The molecular weight excluding hydrogens is 404 g/mol. The average Bonchev–Trinajstić information content (AvgIpc) is 3.20. The molecule has 0 atom stereocenters. The maximum Gasteiger partial charge on any atom is 0.322 e. The Balaban J connectivity index is 1.73. The molecule has 2 amide bonds. The fourth-order valence-electron chi connectivity index (χ4n) is 2.78. The number of thiophene rings is 1. The average molecular weight is 429 g/mol. The Morgan fingerprint density at radius 3 is 2.17 bits per heavy atom. The van der Waals surface area contributed by atoms with Crippen molar-refractivity contribution in [3.05, 3.63) is 82.0 Å². The van der Waals surface area contributed by atoms with Gasteiger partial charge in [0.05, 0.1) is 17.2 Å². The second kappa shape index (κ2) is 9.24. The third kappa shape index (κ3) is 5.92. The van der Waals surface area contributed by atoms with Gasteiger partial charge in [0.25, 0.3) is 0 Å². The fraction of sp³-hybridized carbons (Fsp3) is 0.227. The summed E-state index contributed by atoms with van der Waals surface area (Å²) in [4.78, 5) is 15.7. The predicted octanol–water partition coefficient (Wildman–Crippen LogP) is 4.87. The normalized spacial score (nSPS) is 11.2. The van der Waals surface area contributed by atoms with E-state index in [1.54, 1.807) is 24.3 Å². The number of sulfone groups is 1. The number of benzene rings is 2. The molecule has 5 nitrogen and oxygen atoms in total. The summed E-state index contributed by atoms with van der Waals surface area (Å²) in [6, 6.07) is 17.8. The summed E-state index contributed by atoms with van der Waals surface area (Å²) in [6.07, 6.45) is 0. The van der Waals surface area contributed by atoms with Crippen molar-refractivity contribution in [2.24, 2.45) is 0 Å². The van der Waals surface area contributed by atoms with Gasteiger partial charge < -0.3 is 10.2 Å². The lowest BCUT2D eigenvalue weighted by Gasteiger charge is -2.22. The molecule has 2 aromatic carbocycles. The second-order valence-corrected chi connectivity index (χ2v) is 10.1. The van der Waals surface area contributed by atoms with Crippen molar-refractivity contribution in [3.8, 4) is 0 Å². The Morgan fingerprint density at radius 1 is 0.966 bits per heavy atom. The molecule has 152 valence electrons. The van der Waals surface area contributed by atoms with Crippen molar-refractivity contribution in [3.63, 3.8) is 0 Å². The van der Waals surface area contributed by atoms with E-state index in [0.29, 0.717) is 12.2 Å². The summed E-state index contributed by atoms with van der Waals surface area (Å²) < 4.78 is 25.4. The van der Waals surface area contributed by atoms with Crippen molar-refractivity contribution in [1.29, 1.82) is 0 Å². The summed E-state index contributed by atoms with van der Waals surface area (Å²) >= 11 is 1.54. The molecule has 1 N–H and O–H groups in total. The van der Waals surface area contributed by atoms with E-state index in [4.69, 9.17) is 0 Å². The number of hydrogen-bond donors (Lipinski definition) is 1. The summed E-state index contributed by atoms with van der Waals surface area (Å²) in [7, 11) is -3.48. The van der Waals surface area contributed by atoms with Crippen molar-refractivity contribution >= 4 is 32.9 Å². The molecule has 3 rings (SSSR count). The molecule has 0 aliphatic heterocycles. The van der Waals surface area contributed by atoms with E-state index < -0.39 is 9.84 Å². The number of carbonyl (C=O) groups excluding carboxylic acids is 1. The summed E-state index contributed by atoms with van der Waals surface area (Å²) in [5.41, 5.74) is 2.78.